The van der Waals surface area contributed by atoms with Crippen LogP contribution in [0.25, 0.3) is 0 Å². The summed E-state index contributed by atoms with van der Waals surface area (Å²) >= 11 is 0. The average molecular weight is 201 g/mol. The number of carboxylic acids is 1. The maximum absolute atomic E-state index is 11.4. The van der Waals surface area contributed by atoms with Gasteiger partial charge in [0.2, 0.25) is 5.91 Å². The number of hydrogen-bond acceptors (Lipinski definition) is 3. The summed E-state index contributed by atoms with van der Waals surface area (Å²) in [7, 11) is 1.56. The van der Waals surface area contributed by atoms with Gasteiger partial charge in [-0.15, -0.1) is 0 Å². The highest BCUT2D eigenvalue weighted by Gasteiger charge is 2.40. The van der Waals surface area contributed by atoms with Gasteiger partial charge in [-0.3, -0.25) is 9.59 Å². The van der Waals surface area contributed by atoms with Crippen LogP contribution in [0.1, 0.15) is 13.3 Å². The van der Waals surface area contributed by atoms with E-state index in [1.54, 1.807) is 18.9 Å². The molecule has 1 fully saturated rings. The molecule has 5 nitrogen and oxygen atoms in total. The zero-order chi connectivity index (χ0) is 10.7. The fourth-order valence-electron chi connectivity index (χ4n) is 1.73. The van der Waals surface area contributed by atoms with E-state index in [0.29, 0.717) is 13.2 Å². The zero-order valence-electron chi connectivity index (χ0n) is 8.40. The van der Waals surface area contributed by atoms with Crippen molar-refractivity contribution >= 4 is 11.9 Å². The average Bonchev–Trinajstić information content (AvgIpc) is 2.40. The van der Waals surface area contributed by atoms with Crippen LogP contribution < -0.4 is 0 Å². The number of aliphatic carboxylic acids is 1. The minimum atomic E-state index is -0.897. The lowest BCUT2D eigenvalue weighted by Crippen LogP contribution is -2.37. The molecule has 0 radical (unpaired) electrons. The minimum absolute atomic E-state index is 0.0954. The van der Waals surface area contributed by atoms with Gasteiger partial charge in [-0.25, -0.2) is 0 Å². The number of carbonyl (C=O) groups is 2. The lowest BCUT2D eigenvalue weighted by molar-refractivity contribution is -0.142. The number of nitrogens with zero attached hydrogens (tertiary/aromatic N) is 1. The first-order valence-electron chi connectivity index (χ1n) is 4.59. The molecule has 1 aliphatic heterocycles. The van der Waals surface area contributed by atoms with E-state index < -0.39 is 11.9 Å². The van der Waals surface area contributed by atoms with Gasteiger partial charge in [-0.1, -0.05) is 0 Å². The van der Waals surface area contributed by atoms with E-state index in [0.717, 1.165) is 0 Å². The van der Waals surface area contributed by atoms with Crippen molar-refractivity contribution in [2.75, 3.05) is 20.3 Å². The second-order valence-electron chi connectivity index (χ2n) is 3.47. The van der Waals surface area contributed by atoms with Gasteiger partial charge >= 0.3 is 5.97 Å². The number of amides is 1. The van der Waals surface area contributed by atoms with E-state index >= 15 is 0 Å². The van der Waals surface area contributed by atoms with Crippen LogP contribution >= 0.6 is 0 Å². The minimum Gasteiger partial charge on any atom is -0.481 e. The molecule has 1 amide bonds. The van der Waals surface area contributed by atoms with Crippen molar-refractivity contribution < 1.29 is 19.4 Å². The van der Waals surface area contributed by atoms with Gasteiger partial charge in [0.05, 0.1) is 12.5 Å². The third kappa shape index (κ3) is 2.04. The van der Waals surface area contributed by atoms with Crippen molar-refractivity contribution in [3.05, 3.63) is 0 Å². The van der Waals surface area contributed by atoms with Crippen LogP contribution in [-0.2, 0) is 14.3 Å². The lowest BCUT2D eigenvalue weighted by Gasteiger charge is -2.22. The number of methoxy groups -OCH3 is 1. The normalized spacial score (nSPS) is 27.0. The van der Waals surface area contributed by atoms with Crippen LogP contribution in [0.4, 0.5) is 0 Å². The van der Waals surface area contributed by atoms with Crippen molar-refractivity contribution in [1.29, 1.82) is 0 Å². The molecule has 0 aromatic heterocycles. The molecule has 0 aromatic rings. The number of ether oxygens (including phenoxy) is 1. The molecule has 5 heteroatoms. The maximum atomic E-state index is 11.4. The van der Waals surface area contributed by atoms with Crippen molar-refractivity contribution in [2.45, 2.75) is 19.4 Å². The highest BCUT2D eigenvalue weighted by molar-refractivity contribution is 5.86. The summed E-state index contributed by atoms with van der Waals surface area (Å²) < 4.78 is 4.85. The van der Waals surface area contributed by atoms with E-state index in [-0.39, 0.29) is 18.4 Å². The predicted octanol–water partition coefficient (Wildman–Crippen LogP) is -0.0456. The van der Waals surface area contributed by atoms with Crippen LogP contribution in [-0.4, -0.2) is 48.2 Å². The van der Waals surface area contributed by atoms with Gasteiger partial charge in [0.25, 0.3) is 0 Å². The molecule has 2 atom stereocenters. The lowest BCUT2D eigenvalue weighted by atomic mass is 10.0. The Morgan fingerprint density at radius 1 is 1.71 bits per heavy atom. The molecule has 0 aromatic carbocycles. The molecule has 1 rings (SSSR count). The molecule has 1 N–H and O–H groups in total. The fourth-order valence-corrected chi connectivity index (χ4v) is 1.73. The maximum Gasteiger partial charge on any atom is 0.309 e. The van der Waals surface area contributed by atoms with E-state index in [2.05, 4.69) is 0 Å². The Bertz CT molecular complexity index is 241. The van der Waals surface area contributed by atoms with Crippen LogP contribution in [0.2, 0.25) is 0 Å². The second-order valence-corrected chi connectivity index (χ2v) is 3.47. The first kappa shape index (κ1) is 11.0. The molecular formula is C9H15NO4. The Kier molecular flexibility index (Phi) is 3.46. The highest BCUT2D eigenvalue weighted by Crippen LogP contribution is 2.24. The first-order valence-corrected chi connectivity index (χ1v) is 4.59. The quantitative estimate of drug-likeness (QED) is 0.692. The van der Waals surface area contributed by atoms with E-state index in [4.69, 9.17) is 9.84 Å². The molecule has 2 unspecified atom stereocenters. The predicted molar refractivity (Wildman–Crippen MR) is 48.8 cm³/mol. The van der Waals surface area contributed by atoms with Crippen molar-refractivity contribution in [3.63, 3.8) is 0 Å². The van der Waals surface area contributed by atoms with Crippen LogP contribution in [0.15, 0.2) is 0 Å². The topological polar surface area (TPSA) is 66.8 Å². The zero-order valence-corrected chi connectivity index (χ0v) is 8.40. The summed E-state index contributed by atoms with van der Waals surface area (Å²) in [6.07, 6.45) is 0.111. The molecule has 0 spiro atoms. The Labute approximate surface area is 82.6 Å². The summed E-state index contributed by atoms with van der Waals surface area (Å²) in [5, 5.41) is 8.83. The summed E-state index contributed by atoms with van der Waals surface area (Å²) in [5.74, 6) is -1.56. The summed E-state index contributed by atoms with van der Waals surface area (Å²) in [6, 6.07) is -0.227. The molecule has 0 saturated carbocycles. The van der Waals surface area contributed by atoms with Gasteiger partial charge in [0.15, 0.2) is 0 Å². The molecule has 0 bridgehead atoms. The monoisotopic (exact) mass is 201 g/mol. The van der Waals surface area contributed by atoms with Crippen LogP contribution in [0.3, 0.4) is 0 Å². The van der Waals surface area contributed by atoms with Crippen molar-refractivity contribution in [3.8, 4) is 0 Å². The highest BCUT2D eigenvalue weighted by atomic mass is 16.5. The number of likely N-dealkylation sites (tertiary alicyclic amines) is 1. The van der Waals surface area contributed by atoms with Crippen molar-refractivity contribution in [2.24, 2.45) is 5.92 Å². The molecular weight excluding hydrogens is 186 g/mol. The summed E-state index contributed by atoms with van der Waals surface area (Å²) in [4.78, 5) is 23.8. The van der Waals surface area contributed by atoms with Gasteiger partial charge in [-0.2, -0.15) is 0 Å². The smallest absolute Gasteiger partial charge is 0.309 e. The number of rotatable bonds is 4. The SMILES string of the molecule is COCCN1C(=O)CC(C(=O)O)C1C. The molecule has 0 aliphatic carbocycles. The summed E-state index contributed by atoms with van der Waals surface area (Å²) in [6.45, 7) is 2.68. The standard InChI is InChI=1S/C9H15NO4/c1-6-7(9(12)13)5-8(11)10(6)3-4-14-2/h6-7H,3-5H2,1-2H3,(H,12,13). The second kappa shape index (κ2) is 4.41. The molecule has 1 heterocycles. The number of carboxylic acid groups (broad SMARTS) is 1. The third-order valence-electron chi connectivity index (χ3n) is 2.64. The van der Waals surface area contributed by atoms with Gasteiger partial charge in [-0.05, 0) is 6.92 Å². The largest absolute Gasteiger partial charge is 0.481 e. The van der Waals surface area contributed by atoms with Gasteiger partial charge < -0.3 is 14.7 Å². The fraction of sp³-hybridized carbons (Fsp3) is 0.778. The Balaban J connectivity index is 2.60. The van der Waals surface area contributed by atoms with E-state index in [1.807, 2.05) is 0 Å². The van der Waals surface area contributed by atoms with Gasteiger partial charge in [0.1, 0.15) is 0 Å². The van der Waals surface area contributed by atoms with Crippen molar-refractivity contribution in [1.82, 2.24) is 4.90 Å². The first-order chi connectivity index (χ1) is 6.57. The number of carbonyl (C=O) groups excluding carboxylic acids is 1. The molecule has 80 valence electrons. The Morgan fingerprint density at radius 3 is 2.79 bits per heavy atom. The van der Waals surface area contributed by atoms with E-state index in [1.165, 1.54) is 0 Å². The van der Waals surface area contributed by atoms with Crippen LogP contribution in [0, 0.1) is 5.92 Å². The number of hydrogen-bond donors (Lipinski definition) is 1. The van der Waals surface area contributed by atoms with Crippen LogP contribution in [0.5, 0.6) is 0 Å². The Morgan fingerprint density at radius 2 is 2.36 bits per heavy atom. The molecule has 1 saturated heterocycles. The van der Waals surface area contributed by atoms with E-state index in [9.17, 15) is 9.59 Å². The molecule has 14 heavy (non-hydrogen) atoms. The third-order valence-corrected chi connectivity index (χ3v) is 2.64. The molecule has 1 aliphatic rings. The van der Waals surface area contributed by atoms with Gasteiger partial charge in [0, 0.05) is 26.1 Å². The summed E-state index contributed by atoms with van der Waals surface area (Å²) in [5.41, 5.74) is 0. The Hall–Kier alpha value is -1.10.